The Kier molecular flexibility index (Phi) is 11.2. The summed E-state index contributed by atoms with van der Waals surface area (Å²) in [4.78, 5) is 51.7. The Morgan fingerprint density at radius 2 is 1.72 bits per heavy atom. The van der Waals surface area contributed by atoms with Gasteiger partial charge in [-0.1, -0.05) is 12.1 Å². The summed E-state index contributed by atoms with van der Waals surface area (Å²) in [5.74, 6) is -2.11. The van der Waals surface area contributed by atoms with Crippen LogP contribution in [-0.2, 0) is 25.6 Å². The molecule has 0 radical (unpaired) electrons. The minimum absolute atomic E-state index is 0.0501. The fraction of sp³-hybridized carbons (Fsp3) is 0.421. The topological polar surface area (TPSA) is 215 Å². The summed E-state index contributed by atoms with van der Waals surface area (Å²) in [6.45, 7) is 0.701. The molecule has 0 aliphatic rings. The van der Waals surface area contributed by atoms with E-state index in [1.807, 2.05) is 0 Å². The second kappa shape index (κ2) is 13.3. The van der Waals surface area contributed by atoms with Gasteiger partial charge in [0.15, 0.2) is 5.96 Å². The van der Waals surface area contributed by atoms with E-state index in [2.05, 4.69) is 33.6 Å². The molecule has 13 heteroatoms. The number of aliphatic hydroxyl groups is 1. The van der Waals surface area contributed by atoms with Crippen LogP contribution in [0.5, 0.6) is 0 Å². The van der Waals surface area contributed by atoms with Crippen LogP contribution in [0.2, 0.25) is 0 Å². The Hall–Kier alpha value is -3.16. The molecular formula is C19H29N7O5S. The van der Waals surface area contributed by atoms with Crippen molar-refractivity contribution < 1.29 is 24.3 Å². The molecule has 0 aromatic heterocycles. The van der Waals surface area contributed by atoms with E-state index >= 15 is 0 Å². The first-order valence-corrected chi connectivity index (χ1v) is 10.3. The number of aliphatic hydroxyl groups excluding tert-OH is 1. The first kappa shape index (κ1) is 26.9. The predicted molar refractivity (Wildman–Crippen MR) is 122 cm³/mol. The van der Waals surface area contributed by atoms with Gasteiger partial charge in [0.25, 0.3) is 0 Å². The molecule has 176 valence electrons. The molecule has 10 N–H and O–H groups in total. The number of nitrogens with one attached hydrogen (secondary N) is 3. The van der Waals surface area contributed by atoms with Crippen LogP contribution in [-0.4, -0.2) is 71.6 Å². The summed E-state index contributed by atoms with van der Waals surface area (Å²) in [7, 11) is 0. The van der Waals surface area contributed by atoms with Crippen LogP contribution in [0.4, 0.5) is 5.69 Å². The molecule has 3 amide bonds. The fourth-order valence-electron chi connectivity index (χ4n) is 2.49. The number of thiol groups is 1. The maximum absolute atomic E-state index is 12.4. The third-order valence-electron chi connectivity index (χ3n) is 4.24. The normalized spacial score (nSPS) is 14.2. The van der Waals surface area contributed by atoms with Gasteiger partial charge in [-0.25, -0.2) is 4.99 Å². The summed E-state index contributed by atoms with van der Waals surface area (Å²) in [6.07, 6.45) is 0.779. The average molecular weight is 468 g/mol. The maximum atomic E-state index is 12.4. The van der Waals surface area contributed by atoms with Crippen molar-refractivity contribution in [2.75, 3.05) is 12.4 Å². The lowest BCUT2D eigenvalue weighted by atomic mass is 10.1. The van der Waals surface area contributed by atoms with Gasteiger partial charge in [0, 0.05) is 5.75 Å². The second-order valence-corrected chi connectivity index (χ2v) is 7.29. The van der Waals surface area contributed by atoms with Gasteiger partial charge in [-0.05, 0) is 31.0 Å². The lowest BCUT2D eigenvalue weighted by Gasteiger charge is -2.22. The fourth-order valence-corrected chi connectivity index (χ4v) is 2.65. The number of aldehydes is 1. The van der Waals surface area contributed by atoms with Gasteiger partial charge >= 0.3 is 0 Å². The highest BCUT2D eigenvalue weighted by atomic mass is 32.1. The quantitative estimate of drug-likeness (QED) is 0.0687. The lowest BCUT2D eigenvalue weighted by molar-refractivity contribution is -0.133. The van der Waals surface area contributed by atoms with Crippen molar-refractivity contribution in [1.82, 2.24) is 16.0 Å². The van der Waals surface area contributed by atoms with Crippen molar-refractivity contribution in [1.29, 1.82) is 0 Å². The van der Waals surface area contributed by atoms with Crippen molar-refractivity contribution in [3.63, 3.8) is 0 Å². The summed E-state index contributed by atoms with van der Waals surface area (Å²) < 4.78 is 0. The van der Waals surface area contributed by atoms with Gasteiger partial charge in [-0.2, -0.15) is 12.6 Å². The summed E-state index contributed by atoms with van der Waals surface area (Å²) in [5.41, 5.74) is 17.4. The number of carbonyl (C=O) groups excluding carboxylic acids is 4. The molecule has 0 bridgehead atoms. The molecular weight excluding hydrogens is 438 g/mol. The van der Waals surface area contributed by atoms with Crippen molar-refractivity contribution in [3.05, 3.63) is 29.8 Å². The molecule has 1 aromatic rings. The zero-order valence-corrected chi connectivity index (χ0v) is 18.4. The lowest BCUT2D eigenvalue weighted by Crippen LogP contribution is -2.57. The highest BCUT2D eigenvalue weighted by Gasteiger charge is 2.26. The number of nitrogens with zero attached hydrogens (tertiary/aromatic N) is 1. The zero-order chi connectivity index (χ0) is 24.3. The Labute approximate surface area is 190 Å². The number of benzene rings is 1. The number of hydrogen-bond acceptors (Lipinski definition) is 8. The van der Waals surface area contributed by atoms with Gasteiger partial charge in [0.1, 0.15) is 18.4 Å². The smallest absolute Gasteiger partial charge is 0.245 e. The third kappa shape index (κ3) is 8.91. The van der Waals surface area contributed by atoms with Crippen molar-refractivity contribution >= 4 is 48.3 Å². The Balaban J connectivity index is 2.66. The van der Waals surface area contributed by atoms with Crippen LogP contribution >= 0.6 is 12.6 Å². The summed E-state index contributed by atoms with van der Waals surface area (Å²) in [5, 5.41) is 16.5. The SMILES string of the molecule is C[C@H](NC(=O)[C@H](CO)NC(=O)[C@@H](N)CS)C(=O)N[C@@H](C=O)Cc1ccc(N=C(N)N)cc1. The van der Waals surface area contributed by atoms with Gasteiger partial charge in [-0.3, -0.25) is 14.4 Å². The summed E-state index contributed by atoms with van der Waals surface area (Å²) >= 11 is 3.89. The highest BCUT2D eigenvalue weighted by Crippen LogP contribution is 2.13. The highest BCUT2D eigenvalue weighted by molar-refractivity contribution is 7.80. The van der Waals surface area contributed by atoms with E-state index in [1.165, 1.54) is 6.92 Å². The Morgan fingerprint density at radius 3 is 2.22 bits per heavy atom. The summed E-state index contributed by atoms with van der Waals surface area (Å²) in [6, 6.07) is 2.59. The molecule has 1 rings (SSSR count). The van der Waals surface area contributed by atoms with E-state index in [0.717, 1.165) is 5.56 Å². The van der Waals surface area contributed by atoms with Crippen LogP contribution in [0, 0.1) is 0 Å². The van der Waals surface area contributed by atoms with Crippen LogP contribution in [0.3, 0.4) is 0 Å². The number of carbonyl (C=O) groups is 4. The van der Waals surface area contributed by atoms with Crippen molar-refractivity contribution in [2.45, 2.75) is 37.5 Å². The molecule has 12 nitrogen and oxygen atoms in total. The second-order valence-electron chi connectivity index (χ2n) is 6.92. The van der Waals surface area contributed by atoms with E-state index < -0.39 is 48.5 Å². The minimum atomic E-state index is -1.30. The molecule has 0 unspecified atom stereocenters. The molecule has 32 heavy (non-hydrogen) atoms. The van der Waals surface area contributed by atoms with Crippen molar-refractivity contribution in [3.8, 4) is 0 Å². The largest absolute Gasteiger partial charge is 0.394 e. The first-order chi connectivity index (χ1) is 15.1. The number of rotatable bonds is 12. The number of nitrogens with two attached hydrogens (primary N) is 3. The van der Waals surface area contributed by atoms with E-state index in [0.29, 0.717) is 12.0 Å². The average Bonchev–Trinajstić information content (AvgIpc) is 2.76. The molecule has 0 spiro atoms. The monoisotopic (exact) mass is 467 g/mol. The zero-order valence-electron chi connectivity index (χ0n) is 17.5. The number of amides is 3. The number of aliphatic imine (C=N–C) groups is 1. The van der Waals surface area contributed by atoms with Crippen LogP contribution in [0.1, 0.15) is 12.5 Å². The molecule has 0 saturated heterocycles. The molecule has 0 heterocycles. The molecule has 1 aromatic carbocycles. The molecule has 0 fully saturated rings. The first-order valence-electron chi connectivity index (χ1n) is 9.63. The maximum Gasteiger partial charge on any atom is 0.245 e. The van der Waals surface area contributed by atoms with Gasteiger partial charge < -0.3 is 43.1 Å². The Bertz CT molecular complexity index is 830. The Morgan fingerprint density at radius 1 is 1.09 bits per heavy atom. The van der Waals surface area contributed by atoms with Gasteiger partial charge in [0.05, 0.1) is 24.4 Å². The number of hydrogen-bond donors (Lipinski definition) is 8. The molecule has 4 atom stereocenters. The molecule has 0 saturated carbocycles. The van der Waals surface area contributed by atoms with Crippen LogP contribution in [0.25, 0.3) is 0 Å². The van der Waals surface area contributed by atoms with E-state index in [1.54, 1.807) is 24.3 Å². The van der Waals surface area contributed by atoms with E-state index in [-0.39, 0.29) is 18.1 Å². The van der Waals surface area contributed by atoms with Gasteiger partial charge in [0.2, 0.25) is 17.7 Å². The van der Waals surface area contributed by atoms with E-state index in [4.69, 9.17) is 17.2 Å². The minimum Gasteiger partial charge on any atom is -0.394 e. The van der Waals surface area contributed by atoms with Crippen LogP contribution < -0.4 is 33.2 Å². The van der Waals surface area contributed by atoms with Gasteiger partial charge in [-0.15, -0.1) is 0 Å². The number of guanidine groups is 1. The molecule has 0 aliphatic carbocycles. The van der Waals surface area contributed by atoms with Crippen molar-refractivity contribution in [2.24, 2.45) is 22.2 Å². The third-order valence-corrected chi connectivity index (χ3v) is 4.64. The predicted octanol–water partition coefficient (Wildman–Crippen LogP) is -2.94. The molecule has 0 aliphatic heterocycles. The van der Waals surface area contributed by atoms with E-state index in [9.17, 15) is 24.3 Å². The standard InChI is InChI=1S/C19H29N7O5S/c1-10(23-18(31)15(8-28)26-17(30)14(20)9-32)16(29)24-13(7-27)6-11-2-4-12(5-3-11)25-19(21)22/h2-5,7,10,13-15,28,32H,6,8-9,20H2,1H3,(H,23,31)(H,24,29)(H,26,30)(H4,21,22,25)/t10-,13+,14-,15-/m0/s1. The van der Waals surface area contributed by atoms with Crippen LogP contribution in [0.15, 0.2) is 29.3 Å².